The summed E-state index contributed by atoms with van der Waals surface area (Å²) in [5.74, 6) is 4.73. The number of aromatic nitrogens is 1. The molecular formula is C31H33Cl3N2O. The number of carbonyl (C=O) groups is 1. The van der Waals surface area contributed by atoms with E-state index in [0.29, 0.717) is 27.2 Å². The minimum atomic E-state index is -0.0402. The summed E-state index contributed by atoms with van der Waals surface area (Å²) in [6, 6.07) is 13.1. The van der Waals surface area contributed by atoms with Crippen molar-refractivity contribution in [1.82, 2.24) is 9.88 Å². The summed E-state index contributed by atoms with van der Waals surface area (Å²) in [7, 11) is 0. The highest BCUT2D eigenvalue weighted by atomic mass is 35.5. The fraction of sp³-hybridized carbons (Fsp3) is 0.452. The molecule has 3 nitrogen and oxygen atoms in total. The van der Waals surface area contributed by atoms with Gasteiger partial charge in [0, 0.05) is 34.0 Å². The SMILES string of the molecule is Cc1c(C(=O)NCCCC2C3CC4CC(C3)CC2C4)cn(-c2ccc(Cl)cc2)c1-c1ccc(Cl)cc1Cl. The minimum Gasteiger partial charge on any atom is -0.352 e. The Kier molecular flexibility index (Phi) is 7.07. The topological polar surface area (TPSA) is 34.0 Å². The Labute approximate surface area is 234 Å². The predicted octanol–water partition coefficient (Wildman–Crippen LogP) is 9.00. The Balaban J connectivity index is 1.19. The molecule has 6 heteroatoms. The van der Waals surface area contributed by atoms with E-state index in [2.05, 4.69) is 5.32 Å². The lowest BCUT2D eigenvalue weighted by Gasteiger charge is -2.54. The van der Waals surface area contributed by atoms with Crippen molar-refractivity contribution in [2.24, 2.45) is 29.6 Å². The van der Waals surface area contributed by atoms with Gasteiger partial charge in [-0.05, 0) is 129 Å². The summed E-state index contributed by atoms with van der Waals surface area (Å²) < 4.78 is 2.02. The van der Waals surface area contributed by atoms with Crippen molar-refractivity contribution in [3.63, 3.8) is 0 Å². The molecule has 0 aliphatic heterocycles. The molecule has 0 atom stereocenters. The van der Waals surface area contributed by atoms with Gasteiger partial charge in [0.25, 0.3) is 5.91 Å². The maximum atomic E-state index is 13.4. The molecule has 37 heavy (non-hydrogen) atoms. The lowest BCUT2D eigenvalue weighted by atomic mass is 9.51. The van der Waals surface area contributed by atoms with E-state index in [4.69, 9.17) is 34.8 Å². The average molecular weight is 556 g/mol. The van der Waals surface area contributed by atoms with Crippen LogP contribution in [-0.4, -0.2) is 17.0 Å². The van der Waals surface area contributed by atoms with Crippen LogP contribution in [0.25, 0.3) is 16.9 Å². The first kappa shape index (κ1) is 25.3. The minimum absolute atomic E-state index is 0.0402. The molecule has 4 fully saturated rings. The van der Waals surface area contributed by atoms with Crippen LogP contribution in [0.1, 0.15) is 60.9 Å². The third kappa shape index (κ3) is 4.95. The van der Waals surface area contributed by atoms with Gasteiger partial charge in [0.05, 0.1) is 16.3 Å². The Morgan fingerprint density at radius 2 is 1.57 bits per heavy atom. The van der Waals surface area contributed by atoms with Gasteiger partial charge in [-0.2, -0.15) is 0 Å². The summed E-state index contributed by atoms with van der Waals surface area (Å²) in [5, 5.41) is 5.00. The Morgan fingerprint density at radius 1 is 0.919 bits per heavy atom. The van der Waals surface area contributed by atoms with E-state index in [9.17, 15) is 4.79 Å². The quantitative estimate of drug-likeness (QED) is 0.290. The van der Waals surface area contributed by atoms with E-state index < -0.39 is 0 Å². The van der Waals surface area contributed by atoms with E-state index in [1.165, 1.54) is 38.5 Å². The summed E-state index contributed by atoms with van der Waals surface area (Å²) in [4.78, 5) is 13.4. The second-order valence-corrected chi connectivity index (χ2v) is 12.8. The first-order valence-electron chi connectivity index (χ1n) is 13.6. The third-order valence-electron chi connectivity index (χ3n) is 9.22. The maximum absolute atomic E-state index is 13.4. The van der Waals surface area contributed by atoms with Crippen LogP contribution in [0.3, 0.4) is 0 Å². The van der Waals surface area contributed by atoms with Crippen LogP contribution in [-0.2, 0) is 0 Å². The molecule has 194 valence electrons. The van der Waals surface area contributed by atoms with E-state index in [0.717, 1.165) is 58.5 Å². The van der Waals surface area contributed by atoms with Crippen molar-refractivity contribution in [1.29, 1.82) is 0 Å². The molecular weight excluding hydrogens is 523 g/mol. The van der Waals surface area contributed by atoms with E-state index in [1.807, 2.05) is 54.1 Å². The van der Waals surface area contributed by atoms with Gasteiger partial charge in [0.1, 0.15) is 0 Å². The molecule has 4 aliphatic rings. The second-order valence-electron chi connectivity index (χ2n) is 11.5. The normalized spacial score (nSPS) is 26.0. The molecule has 3 aromatic rings. The Morgan fingerprint density at radius 3 is 2.22 bits per heavy atom. The lowest BCUT2D eigenvalue weighted by Crippen LogP contribution is -2.45. The van der Waals surface area contributed by atoms with Crippen LogP contribution in [0.4, 0.5) is 0 Å². The first-order chi connectivity index (χ1) is 17.9. The van der Waals surface area contributed by atoms with Crippen molar-refractivity contribution in [2.45, 2.75) is 51.9 Å². The van der Waals surface area contributed by atoms with Crippen LogP contribution in [0.15, 0.2) is 48.7 Å². The van der Waals surface area contributed by atoms with Gasteiger partial charge in [-0.25, -0.2) is 0 Å². The zero-order chi connectivity index (χ0) is 25.7. The number of nitrogens with zero attached hydrogens (tertiary/aromatic N) is 1. The van der Waals surface area contributed by atoms with E-state index in [-0.39, 0.29) is 5.91 Å². The standard InChI is InChI=1S/C31H33Cl3N2O/c1-18-28(31(37)35-10-2-3-26-21-12-19-11-20(14-21)15-22(26)13-19)17-36(25-7-4-23(32)5-8-25)30(18)27-9-6-24(33)16-29(27)34/h4-9,16-17,19-22,26H,2-3,10-15H2,1H3,(H,35,37). The monoisotopic (exact) mass is 554 g/mol. The number of benzene rings is 2. The van der Waals surface area contributed by atoms with Crippen molar-refractivity contribution >= 4 is 40.7 Å². The van der Waals surface area contributed by atoms with Crippen LogP contribution in [0.5, 0.6) is 0 Å². The predicted molar refractivity (Wildman–Crippen MR) is 153 cm³/mol. The summed E-state index contributed by atoms with van der Waals surface area (Å²) >= 11 is 18.9. The van der Waals surface area contributed by atoms with Crippen LogP contribution < -0.4 is 5.32 Å². The van der Waals surface area contributed by atoms with Gasteiger partial charge >= 0.3 is 0 Å². The molecule has 4 saturated carbocycles. The molecule has 1 N–H and O–H groups in total. The third-order valence-corrected chi connectivity index (χ3v) is 10.0. The molecule has 0 radical (unpaired) electrons. The van der Waals surface area contributed by atoms with Crippen molar-refractivity contribution in [3.05, 3.63) is 74.9 Å². The molecule has 0 spiro atoms. The average Bonchev–Trinajstić information content (AvgIpc) is 3.20. The summed E-state index contributed by atoms with van der Waals surface area (Å²) in [5.41, 5.74) is 4.17. The fourth-order valence-electron chi connectivity index (χ4n) is 7.79. The number of hydrogen-bond acceptors (Lipinski definition) is 1. The number of hydrogen-bond donors (Lipinski definition) is 1. The Hall–Kier alpha value is -1.94. The molecule has 2 aromatic carbocycles. The highest BCUT2D eigenvalue weighted by molar-refractivity contribution is 6.36. The molecule has 1 amide bonds. The maximum Gasteiger partial charge on any atom is 0.253 e. The molecule has 4 aliphatic carbocycles. The van der Waals surface area contributed by atoms with Crippen molar-refractivity contribution in [2.75, 3.05) is 6.54 Å². The second kappa shape index (κ2) is 10.3. The van der Waals surface area contributed by atoms with Gasteiger partial charge in [0.2, 0.25) is 0 Å². The smallest absolute Gasteiger partial charge is 0.253 e. The number of nitrogens with one attached hydrogen (secondary N) is 1. The zero-order valence-corrected chi connectivity index (χ0v) is 23.4. The molecule has 1 aromatic heterocycles. The lowest BCUT2D eigenvalue weighted by molar-refractivity contribution is -0.0401. The van der Waals surface area contributed by atoms with Crippen LogP contribution in [0.2, 0.25) is 15.1 Å². The van der Waals surface area contributed by atoms with E-state index in [1.54, 1.807) is 6.07 Å². The van der Waals surface area contributed by atoms with Gasteiger partial charge in [-0.15, -0.1) is 0 Å². The first-order valence-corrected chi connectivity index (χ1v) is 14.7. The molecule has 1 heterocycles. The fourth-order valence-corrected chi connectivity index (χ4v) is 8.41. The Bertz CT molecular complexity index is 1280. The number of halogens is 3. The molecule has 0 saturated heterocycles. The molecule has 0 unspecified atom stereocenters. The molecule has 7 rings (SSSR count). The van der Waals surface area contributed by atoms with Crippen molar-refractivity contribution in [3.8, 4) is 16.9 Å². The highest BCUT2D eigenvalue weighted by Gasteiger charge is 2.47. The van der Waals surface area contributed by atoms with Crippen molar-refractivity contribution < 1.29 is 4.79 Å². The van der Waals surface area contributed by atoms with Gasteiger partial charge in [-0.3, -0.25) is 4.79 Å². The van der Waals surface area contributed by atoms with E-state index >= 15 is 0 Å². The molecule has 4 bridgehead atoms. The zero-order valence-electron chi connectivity index (χ0n) is 21.2. The summed E-state index contributed by atoms with van der Waals surface area (Å²) in [6.07, 6.45) is 11.5. The van der Waals surface area contributed by atoms with Gasteiger partial charge < -0.3 is 9.88 Å². The number of carbonyl (C=O) groups excluding carboxylic acids is 1. The van der Waals surface area contributed by atoms with Crippen LogP contribution >= 0.6 is 34.8 Å². The highest BCUT2D eigenvalue weighted by Crippen LogP contribution is 2.57. The largest absolute Gasteiger partial charge is 0.352 e. The van der Waals surface area contributed by atoms with Gasteiger partial charge in [-0.1, -0.05) is 34.8 Å². The van der Waals surface area contributed by atoms with Crippen LogP contribution in [0, 0.1) is 36.5 Å². The number of rotatable bonds is 7. The number of amides is 1. The summed E-state index contributed by atoms with van der Waals surface area (Å²) in [6.45, 7) is 2.69. The van der Waals surface area contributed by atoms with Gasteiger partial charge in [0.15, 0.2) is 0 Å².